The van der Waals surface area contributed by atoms with E-state index in [9.17, 15) is 9.59 Å². The smallest absolute Gasteiger partial charge is 0.262 e. The number of carbonyl (C=O) groups excluding carboxylic acids is 1. The zero-order valence-electron chi connectivity index (χ0n) is 18.1. The molecular formula is C24H31N4O2+. The number of nitrogens with two attached hydrogens (primary N) is 2. The minimum atomic E-state index is -0.555. The van der Waals surface area contributed by atoms with Crippen molar-refractivity contribution in [3.8, 4) is 0 Å². The number of carbonyl (C=O) groups is 1. The molecule has 30 heavy (non-hydrogen) atoms. The van der Waals surface area contributed by atoms with Crippen molar-refractivity contribution in [3.05, 3.63) is 75.8 Å². The highest BCUT2D eigenvalue weighted by molar-refractivity contribution is 5.78. The molecule has 0 bridgehead atoms. The monoisotopic (exact) mass is 407 g/mol. The van der Waals surface area contributed by atoms with E-state index in [1.54, 1.807) is 12.1 Å². The van der Waals surface area contributed by atoms with Crippen molar-refractivity contribution in [2.24, 2.45) is 11.7 Å². The fourth-order valence-corrected chi connectivity index (χ4v) is 3.82. The van der Waals surface area contributed by atoms with Gasteiger partial charge >= 0.3 is 0 Å². The Labute approximate surface area is 177 Å². The van der Waals surface area contributed by atoms with E-state index in [4.69, 9.17) is 5.73 Å². The lowest BCUT2D eigenvalue weighted by Crippen LogP contribution is -2.85. The Balaban J connectivity index is 1.93. The van der Waals surface area contributed by atoms with Crippen LogP contribution in [0.1, 0.15) is 56.6 Å². The van der Waals surface area contributed by atoms with E-state index >= 15 is 0 Å². The van der Waals surface area contributed by atoms with Crippen molar-refractivity contribution in [2.75, 3.05) is 0 Å². The number of hydrogen-bond donors (Lipinski definition) is 2. The minimum Gasteiger partial charge on any atom is -0.368 e. The van der Waals surface area contributed by atoms with Crippen molar-refractivity contribution >= 4 is 16.8 Å². The summed E-state index contributed by atoms with van der Waals surface area (Å²) in [4.78, 5) is 29.2. The zero-order chi connectivity index (χ0) is 21.8. The lowest BCUT2D eigenvalue weighted by atomic mass is 9.93. The van der Waals surface area contributed by atoms with E-state index in [2.05, 4.69) is 62.3 Å². The van der Waals surface area contributed by atoms with Crippen LogP contribution in [0.15, 0.2) is 53.3 Å². The van der Waals surface area contributed by atoms with Gasteiger partial charge in [0, 0.05) is 11.5 Å². The number of nitrogens with zero attached hydrogens (tertiary/aromatic N) is 2. The van der Waals surface area contributed by atoms with Crippen LogP contribution < -0.4 is 16.6 Å². The number of amides is 1. The quantitative estimate of drug-likeness (QED) is 0.600. The molecule has 3 aromatic rings. The SMILES string of the molecule is CC(C)c1ccc([C@H]([NH2+]Cc2nc3ccccc3c(=O)n2CC(N)=O)C(C)C)cc1. The summed E-state index contributed by atoms with van der Waals surface area (Å²) in [5, 5.41) is 2.68. The van der Waals surface area contributed by atoms with Crippen LogP contribution >= 0.6 is 0 Å². The van der Waals surface area contributed by atoms with E-state index < -0.39 is 5.91 Å². The molecule has 6 heteroatoms. The van der Waals surface area contributed by atoms with E-state index in [0.29, 0.717) is 35.1 Å². The Morgan fingerprint density at radius 2 is 1.67 bits per heavy atom. The van der Waals surface area contributed by atoms with Crippen molar-refractivity contribution in [2.45, 2.75) is 52.7 Å². The number of hydrogen-bond acceptors (Lipinski definition) is 3. The van der Waals surface area contributed by atoms with Gasteiger partial charge in [0.15, 0.2) is 5.82 Å². The molecule has 6 nitrogen and oxygen atoms in total. The van der Waals surface area contributed by atoms with E-state index in [-0.39, 0.29) is 18.1 Å². The standard InChI is InChI=1S/C24H30N4O2/c1-15(2)17-9-11-18(12-10-17)23(16(3)4)26-13-22-27-20-8-6-5-7-19(20)24(30)28(22)14-21(25)29/h5-12,15-16,23,26H,13-14H2,1-4H3,(H2,25,29)/p+1/t23-/m1/s1. The van der Waals surface area contributed by atoms with Gasteiger partial charge in [-0.05, 0) is 23.6 Å². The van der Waals surface area contributed by atoms with Crippen molar-refractivity contribution < 1.29 is 10.1 Å². The average Bonchev–Trinajstić information content (AvgIpc) is 2.70. The second kappa shape index (κ2) is 9.22. The summed E-state index contributed by atoms with van der Waals surface area (Å²) in [7, 11) is 0. The maximum atomic E-state index is 12.9. The number of aromatic nitrogens is 2. The Morgan fingerprint density at radius 3 is 2.27 bits per heavy atom. The fraction of sp³-hybridized carbons (Fsp3) is 0.375. The average molecular weight is 408 g/mol. The summed E-state index contributed by atoms with van der Waals surface area (Å²) < 4.78 is 1.40. The first-order valence-corrected chi connectivity index (χ1v) is 10.5. The van der Waals surface area contributed by atoms with E-state index in [1.165, 1.54) is 15.7 Å². The summed E-state index contributed by atoms with van der Waals surface area (Å²) >= 11 is 0. The molecule has 0 unspecified atom stereocenters. The molecule has 1 aromatic heterocycles. The third-order valence-corrected chi connectivity index (χ3v) is 5.52. The summed E-state index contributed by atoms with van der Waals surface area (Å²) in [5.74, 6) is 0.874. The van der Waals surface area contributed by atoms with Gasteiger partial charge in [-0.1, -0.05) is 64.1 Å². The van der Waals surface area contributed by atoms with Crippen LogP contribution in [-0.2, 0) is 17.9 Å². The molecule has 0 saturated heterocycles. The number of benzene rings is 2. The lowest BCUT2D eigenvalue weighted by molar-refractivity contribution is -0.718. The van der Waals surface area contributed by atoms with Gasteiger partial charge in [0.05, 0.1) is 10.9 Å². The normalized spacial score (nSPS) is 12.6. The van der Waals surface area contributed by atoms with Gasteiger partial charge in [-0.2, -0.15) is 0 Å². The number of primary amides is 1. The van der Waals surface area contributed by atoms with Crippen LogP contribution in [0.2, 0.25) is 0 Å². The second-order valence-electron chi connectivity index (χ2n) is 8.43. The van der Waals surface area contributed by atoms with Gasteiger partial charge in [-0.3, -0.25) is 14.2 Å². The highest BCUT2D eigenvalue weighted by Crippen LogP contribution is 2.21. The maximum Gasteiger partial charge on any atom is 0.262 e. The van der Waals surface area contributed by atoms with Crippen LogP contribution in [0.25, 0.3) is 10.9 Å². The van der Waals surface area contributed by atoms with Gasteiger partial charge in [-0.15, -0.1) is 0 Å². The molecule has 1 heterocycles. The van der Waals surface area contributed by atoms with E-state index in [1.807, 2.05) is 12.1 Å². The third kappa shape index (κ3) is 4.76. The first kappa shape index (κ1) is 21.7. The van der Waals surface area contributed by atoms with Crippen molar-refractivity contribution in [3.63, 3.8) is 0 Å². The molecule has 0 spiro atoms. The van der Waals surface area contributed by atoms with Gasteiger partial charge < -0.3 is 11.1 Å². The minimum absolute atomic E-state index is 0.171. The molecule has 0 aliphatic rings. The number of fused-ring (bicyclic) bond motifs is 1. The topological polar surface area (TPSA) is 94.6 Å². The zero-order valence-corrected chi connectivity index (χ0v) is 18.1. The molecule has 0 aliphatic heterocycles. The fourth-order valence-electron chi connectivity index (χ4n) is 3.82. The van der Waals surface area contributed by atoms with E-state index in [0.717, 1.165) is 0 Å². The Hall–Kier alpha value is -2.99. The summed E-state index contributed by atoms with van der Waals surface area (Å²) in [6, 6.07) is 16.1. The Bertz CT molecular complexity index is 1080. The molecule has 1 amide bonds. The van der Waals surface area contributed by atoms with Crippen molar-refractivity contribution in [1.82, 2.24) is 9.55 Å². The molecule has 0 saturated carbocycles. The molecule has 1 atom stereocenters. The van der Waals surface area contributed by atoms with Gasteiger partial charge in [-0.25, -0.2) is 4.98 Å². The predicted octanol–water partition coefficient (Wildman–Crippen LogP) is 2.47. The molecule has 4 N–H and O–H groups in total. The lowest BCUT2D eigenvalue weighted by Gasteiger charge is -2.21. The first-order chi connectivity index (χ1) is 14.3. The van der Waals surface area contributed by atoms with Crippen LogP contribution in [-0.4, -0.2) is 15.5 Å². The van der Waals surface area contributed by atoms with Crippen LogP contribution in [0.4, 0.5) is 0 Å². The highest BCUT2D eigenvalue weighted by atomic mass is 16.2. The third-order valence-electron chi connectivity index (χ3n) is 5.52. The summed E-state index contributed by atoms with van der Waals surface area (Å²) in [6.07, 6.45) is 0. The molecule has 2 aromatic carbocycles. The van der Waals surface area contributed by atoms with Crippen LogP contribution in [0, 0.1) is 5.92 Å². The van der Waals surface area contributed by atoms with Crippen LogP contribution in [0.3, 0.4) is 0 Å². The highest BCUT2D eigenvalue weighted by Gasteiger charge is 2.21. The molecular weight excluding hydrogens is 376 g/mol. The molecule has 0 aliphatic carbocycles. The molecule has 0 fully saturated rings. The maximum absolute atomic E-state index is 12.9. The predicted molar refractivity (Wildman–Crippen MR) is 119 cm³/mol. The van der Waals surface area contributed by atoms with Crippen LogP contribution in [0.5, 0.6) is 0 Å². The number of rotatable bonds is 8. The molecule has 0 radical (unpaired) electrons. The van der Waals surface area contributed by atoms with Gasteiger partial charge in [0.1, 0.15) is 19.1 Å². The Morgan fingerprint density at radius 1 is 1.03 bits per heavy atom. The largest absolute Gasteiger partial charge is 0.368 e. The summed E-state index contributed by atoms with van der Waals surface area (Å²) in [5.41, 5.74) is 8.35. The summed E-state index contributed by atoms with van der Waals surface area (Å²) in [6.45, 7) is 9.04. The van der Waals surface area contributed by atoms with Gasteiger partial charge in [0.25, 0.3) is 5.56 Å². The van der Waals surface area contributed by atoms with Gasteiger partial charge in [0.2, 0.25) is 5.91 Å². The Kier molecular flexibility index (Phi) is 6.67. The van der Waals surface area contributed by atoms with Crippen molar-refractivity contribution in [1.29, 1.82) is 0 Å². The second-order valence-corrected chi connectivity index (χ2v) is 8.43. The number of para-hydroxylation sites is 1. The number of quaternary nitrogens is 1. The first-order valence-electron chi connectivity index (χ1n) is 10.5. The molecule has 158 valence electrons. The molecule has 3 rings (SSSR count).